The Morgan fingerprint density at radius 2 is 1.66 bits per heavy atom. The van der Waals surface area contributed by atoms with Gasteiger partial charge in [-0.2, -0.15) is 0 Å². The summed E-state index contributed by atoms with van der Waals surface area (Å²) in [6.45, 7) is 5.40. The number of nitrogens with one attached hydrogen (secondary N) is 1. The molecule has 0 aromatic heterocycles. The number of hydrogen-bond acceptors (Lipinski definition) is 5. The van der Waals surface area contributed by atoms with Crippen molar-refractivity contribution in [3.8, 4) is 5.75 Å². The molecule has 0 bridgehead atoms. The van der Waals surface area contributed by atoms with Crippen LogP contribution in [0, 0.1) is 0 Å². The van der Waals surface area contributed by atoms with Crippen molar-refractivity contribution in [1.82, 2.24) is 10.2 Å². The Kier molecular flexibility index (Phi) is 9.74. The monoisotopic (exact) mass is 539 g/mol. The highest BCUT2D eigenvalue weighted by Gasteiger charge is 2.32. The molecule has 0 radical (unpaired) electrons. The molecule has 2 atom stereocenters. The average Bonchev–Trinajstić information content (AvgIpc) is 2.90. The van der Waals surface area contributed by atoms with Crippen LogP contribution >= 0.6 is 0 Å². The highest BCUT2D eigenvalue weighted by Crippen LogP contribution is 2.29. The van der Waals surface area contributed by atoms with E-state index < -0.39 is 28.5 Å². The molecule has 204 valence electrons. The van der Waals surface area contributed by atoms with E-state index >= 15 is 0 Å². The van der Waals surface area contributed by atoms with Crippen LogP contribution < -0.4 is 14.4 Å². The van der Waals surface area contributed by atoms with Gasteiger partial charge in [-0.1, -0.05) is 62.4 Å². The average molecular weight is 540 g/mol. The molecule has 38 heavy (non-hydrogen) atoms. The van der Waals surface area contributed by atoms with Crippen LogP contribution in [0.1, 0.15) is 39.2 Å². The quantitative estimate of drug-likeness (QED) is 0.370. The molecule has 0 aliphatic carbocycles. The second-order valence-electron chi connectivity index (χ2n) is 9.38. The Bertz CT molecular complexity index is 1370. The lowest BCUT2D eigenvalue weighted by Crippen LogP contribution is -2.53. The maximum atomic E-state index is 13.9. The summed E-state index contributed by atoms with van der Waals surface area (Å²) in [4.78, 5) is 28.7. The van der Waals surface area contributed by atoms with E-state index in [0.717, 1.165) is 27.9 Å². The summed E-state index contributed by atoms with van der Waals surface area (Å²) in [6.07, 6.45) is 2.20. The van der Waals surface area contributed by atoms with E-state index in [9.17, 15) is 18.0 Å². The van der Waals surface area contributed by atoms with Gasteiger partial charge in [0.05, 0.1) is 19.1 Å². The molecule has 1 N–H and O–H groups in total. The number of benzene rings is 3. The molecular formula is C29H37N3O5S. The number of fused-ring (bicyclic) bond motifs is 1. The van der Waals surface area contributed by atoms with Crippen molar-refractivity contribution in [3.63, 3.8) is 0 Å². The molecule has 0 aliphatic rings. The van der Waals surface area contributed by atoms with Crippen molar-refractivity contribution in [2.45, 2.75) is 52.2 Å². The SMILES string of the molecule is CC[C@@H](C)NC(=O)[C@H](CC)N(Cc1cccc(OC)c1)C(=O)CN(c1cccc2ccccc12)S(C)(=O)=O. The molecule has 3 rings (SSSR count). The smallest absolute Gasteiger partial charge is 0.244 e. The lowest BCUT2D eigenvalue weighted by molar-refractivity contribution is -0.140. The van der Waals surface area contributed by atoms with E-state index in [-0.39, 0.29) is 18.5 Å². The summed E-state index contributed by atoms with van der Waals surface area (Å²) in [6, 6.07) is 19.2. The number of nitrogens with zero attached hydrogens (tertiary/aromatic N) is 2. The first-order valence-corrected chi connectivity index (χ1v) is 14.6. The second-order valence-corrected chi connectivity index (χ2v) is 11.3. The topological polar surface area (TPSA) is 96.0 Å². The number of hydrogen-bond donors (Lipinski definition) is 1. The zero-order valence-corrected chi connectivity index (χ0v) is 23.5. The lowest BCUT2D eigenvalue weighted by Gasteiger charge is -2.33. The summed E-state index contributed by atoms with van der Waals surface area (Å²) in [7, 11) is -2.27. The van der Waals surface area contributed by atoms with Crippen LogP contribution in [0.15, 0.2) is 66.7 Å². The first kappa shape index (κ1) is 29.0. The van der Waals surface area contributed by atoms with E-state index in [0.29, 0.717) is 23.2 Å². The molecule has 9 heteroatoms. The lowest BCUT2D eigenvalue weighted by atomic mass is 10.1. The number of carbonyl (C=O) groups is 2. The molecule has 0 aliphatic heterocycles. The summed E-state index contributed by atoms with van der Waals surface area (Å²) in [5.41, 5.74) is 1.18. The van der Waals surface area contributed by atoms with Gasteiger partial charge < -0.3 is 15.0 Å². The fourth-order valence-corrected chi connectivity index (χ4v) is 5.21. The third kappa shape index (κ3) is 7.04. The molecule has 0 unspecified atom stereocenters. The molecule has 0 fully saturated rings. The van der Waals surface area contributed by atoms with E-state index in [1.807, 2.05) is 63.2 Å². The Balaban J connectivity index is 2.03. The number of ether oxygens (including phenoxy) is 1. The summed E-state index contributed by atoms with van der Waals surface area (Å²) >= 11 is 0. The Morgan fingerprint density at radius 1 is 0.974 bits per heavy atom. The minimum Gasteiger partial charge on any atom is -0.497 e. The van der Waals surface area contributed by atoms with Gasteiger partial charge in [-0.05, 0) is 48.9 Å². The van der Waals surface area contributed by atoms with Gasteiger partial charge in [0.1, 0.15) is 18.3 Å². The summed E-state index contributed by atoms with van der Waals surface area (Å²) in [5, 5.41) is 4.55. The van der Waals surface area contributed by atoms with Crippen LogP contribution in [0.2, 0.25) is 0 Å². The largest absolute Gasteiger partial charge is 0.497 e. The predicted molar refractivity (Wildman–Crippen MR) is 152 cm³/mol. The maximum Gasteiger partial charge on any atom is 0.244 e. The van der Waals surface area contributed by atoms with Gasteiger partial charge in [0, 0.05) is 18.0 Å². The number of carbonyl (C=O) groups excluding carboxylic acids is 2. The first-order valence-electron chi connectivity index (χ1n) is 12.8. The predicted octanol–water partition coefficient (Wildman–Crippen LogP) is 4.34. The zero-order chi connectivity index (χ0) is 27.9. The highest BCUT2D eigenvalue weighted by atomic mass is 32.2. The molecule has 3 aromatic carbocycles. The zero-order valence-electron chi connectivity index (χ0n) is 22.7. The molecule has 0 saturated carbocycles. The van der Waals surface area contributed by atoms with Crippen LogP contribution in [0.25, 0.3) is 10.8 Å². The van der Waals surface area contributed by atoms with E-state index in [2.05, 4.69) is 5.32 Å². The number of amides is 2. The molecule has 3 aromatic rings. The summed E-state index contributed by atoms with van der Waals surface area (Å²) < 4.78 is 32.4. The van der Waals surface area contributed by atoms with Crippen molar-refractivity contribution in [1.29, 1.82) is 0 Å². The van der Waals surface area contributed by atoms with E-state index in [1.54, 1.807) is 31.4 Å². The third-order valence-corrected chi connectivity index (χ3v) is 7.71. The van der Waals surface area contributed by atoms with Crippen LogP contribution in [0.3, 0.4) is 0 Å². The van der Waals surface area contributed by atoms with Crippen molar-refractivity contribution in [2.75, 3.05) is 24.2 Å². The van der Waals surface area contributed by atoms with Gasteiger partial charge in [-0.15, -0.1) is 0 Å². The molecule has 0 heterocycles. The second kappa shape index (κ2) is 12.8. The maximum absolute atomic E-state index is 13.9. The fourth-order valence-electron chi connectivity index (χ4n) is 4.35. The number of sulfonamides is 1. The minimum absolute atomic E-state index is 0.0616. The van der Waals surface area contributed by atoms with E-state index in [4.69, 9.17) is 4.74 Å². The first-order chi connectivity index (χ1) is 18.1. The van der Waals surface area contributed by atoms with Crippen molar-refractivity contribution in [3.05, 3.63) is 72.3 Å². The van der Waals surface area contributed by atoms with Crippen molar-refractivity contribution < 1.29 is 22.7 Å². The normalized spacial score (nSPS) is 13.0. The Labute approximate surface area is 225 Å². The van der Waals surface area contributed by atoms with Crippen molar-refractivity contribution in [2.24, 2.45) is 0 Å². The molecular weight excluding hydrogens is 502 g/mol. The third-order valence-electron chi connectivity index (χ3n) is 6.59. The molecule has 2 amide bonds. The summed E-state index contributed by atoms with van der Waals surface area (Å²) in [5.74, 6) is -0.119. The highest BCUT2D eigenvalue weighted by molar-refractivity contribution is 7.92. The van der Waals surface area contributed by atoms with Crippen LogP contribution in [0.4, 0.5) is 5.69 Å². The van der Waals surface area contributed by atoms with Crippen molar-refractivity contribution >= 4 is 38.3 Å². The van der Waals surface area contributed by atoms with Gasteiger partial charge in [0.2, 0.25) is 21.8 Å². The standard InChI is InChI=1S/C29H37N3O5S/c1-6-21(3)30-29(34)26(7-2)31(19-22-12-10-15-24(18-22)37-4)28(33)20-32(38(5,35)36)27-17-11-14-23-13-8-9-16-25(23)27/h8-18,21,26H,6-7,19-20H2,1-5H3,(H,30,34)/t21-,26+/m1/s1. The Morgan fingerprint density at radius 3 is 2.32 bits per heavy atom. The van der Waals surface area contributed by atoms with Gasteiger partial charge >= 0.3 is 0 Å². The van der Waals surface area contributed by atoms with Crippen LogP contribution in [0.5, 0.6) is 5.75 Å². The molecule has 8 nitrogen and oxygen atoms in total. The fraction of sp³-hybridized carbons (Fsp3) is 0.379. The van der Waals surface area contributed by atoms with Gasteiger partial charge in [0.25, 0.3) is 0 Å². The molecule has 0 spiro atoms. The van der Waals surface area contributed by atoms with Gasteiger partial charge in [-0.3, -0.25) is 13.9 Å². The minimum atomic E-state index is -3.83. The van der Waals surface area contributed by atoms with Crippen LogP contribution in [-0.4, -0.2) is 57.1 Å². The van der Waals surface area contributed by atoms with E-state index in [1.165, 1.54) is 4.90 Å². The van der Waals surface area contributed by atoms with Gasteiger partial charge in [0.15, 0.2) is 0 Å². The number of anilines is 1. The van der Waals surface area contributed by atoms with Gasteiger partial charge in [-0.25, -0.2) is 8.42 Å². The Hall–Kier alpha value is -3.59. The van der Waals surface area contributed by atoms with Crippen LogP contribution in [-0.2, 0) is 26.2 Å². The number of methoxy groups -OCH3 is 1. The number of rotatable bonds is 12. The molecule has 0 saturated heterocycles.